The van der Waals surface area contributed by atoms with Crippen molar-refractivity contribution in [2.75, 3.05) is 0 Å². The maximum atomic E-state index is 11.1. The summed E-state index contributed by atoms with van der Waals surface area (Å²) < 4.78 is 5.02. The van der Waals surface area contributed by atoms with Gasteiger partial charge in [0, 0.05) is 6.08 Å². The van der Waals surface area contributed by atoms with Crippen LogP contribution in [0.5, 0.6) is 5.75 Å². The van der Waals surface area contributed by atoms with Gasteiger partial charge in [-0.25, -0.2) is 4.79 Å². The first-order valence-electron chi connectivity index (χ1n) is 7.15. The van der Waals surface area contributed by atoms with E-state index in [9.17, 15) is 14.4 Å². The normalized spacial score (nSPS) is 10.6. The van der Waals surface area contributed by atoms with E-state index >= 15 is 0 Å². The molecular formula is C19H22O4. The van der Waals surface area contributed by atoms with Crippen LogP contribution >= 0.6 is 0 Å². The molecule has 4 nitrogen and oxygen atoms in total. The fourth-order valence-electron chi connectivity index (χ4n) is 1.38. The van der Waals surface area contributed by atoms with Crippen LogP contribution < -0.4 is 4.74 Å². The minimum absolute atomic E-state index is 0.00594. The second kappa shape index (κ2) is 11.9. The molecule has 23 heavy (non-hydrogen) atoms. The van der Waals surface area contributed by atoms with Crippen LogP contribution in [-0.2, 0) is 14.4 Å². The van der Waals surface area contributed by atoms with Crippen LogP contribution in [0.2, 0.25) is 0 Å². The quantitative estimate of drug-likeness (QED) is 0.469. The molecule has 0 N–H and O–H groups in total. The van der Waals surface area contributed by atoms with E-state index in [1.54, 1.807) is 49.4 Å². The van der Waals surface area contributed by atoms with Gasteiger partial charge in [-0.05, 0) is 57.5 Å². The maximum absolute atomic E-state index is 11.1. The van der Waals surface area contributed by atoms with Gasteiger partial charge in [-0.2, -0.15) is 0 Å². The van der Waals surface area contributed by atoms with Gasteiger partial charge in [0.15, 0.2) is 11.6 Å². The lowest BCUT2D eigenvalue weighted by Gasteiger charge is -2.01. The Bertz CT molecular complexity index is 605. The van der Waals surface area contributed by atoms with Crippen LogP contribution in [0.4, 0.5) is 0 Å². The van der Waals surface area contributed by atoms with Crippen molar-refractivity contribution in [2.24, 2.45) is 0 Å². The van der Waals surface area contributed by atoms with E-state index < -0.39 is 5.97 Å². The molecule has 0 spiro atoms. The van der Waals surface area contributed by atoms with Gasteiger partial charge in [0.25, 0.3) is 0 Å². The molecule has 0 radical (unpaired) electrons. The highest BCUT2D eigenvalue weighted by Crippen LogP contribution is 2.13. The van der Waals surface area contributed by atoms with Crippen molar-refractivity contribution < 1.29 is 19.1 Å². The molecule has 0 aliphatic heterocycles. The van der Waals surface area contributed by atoms with Crippen molar-refractivity contribution in [3.63, 3.8) is 0 Å². The van der Waals surface area contributed by atoms with Gasteiger partial charge in [-0.15, -0.1) is 0 Å². The molecule has 0 bridgehead atoms. The SMILES string of the molecule is C/C=C/C(=O)Oc1ccc(/C=C/C(C)=O)cc1.C/C=C/C(C)=O. The Balaban J connectivity index is 0.000000688. The Labute approximate surface area is 137 Å². The summed E-state index contributed by atoms with van der Waals surface area (Å²) in [6.07, 6.45) is 9.42. The van der Waals surface area contributed by atoms with Crippen LogP contribution in [0.3, 0.4) is 0 Å². The Hall–Kier alpha value is -2.75. The predicted octanol–water partition coefficient (Wildman–Crippen LogP) is 3.92. The maximum Gasteiger partial charge on any atom is 0.335 e. The molecule has 0 saturated heterocycles. The van der Waals surface area contributed by atoms with Crippen LogP contribution in [0.15, 0.2) is 54.6 Å². The van der Waals surface area contributed by atoms with Crippen molar-refractivity contribution >= 4 is 23.6 Å². The molecular weight excluding hydrogens is 292 g/mol. The van der Waals surface area contributed by atoms with E-state index in [2.05, 4.69) is 0 Å². The average molecular weight is 314 g/mol. The number of benzene rings is 1. The van der Waals surface area contributed by atoms with Gasteiger partial charge in [0.2, 0.25) is 0 Å². The first-order chi connectivity index (χ1) is 10.9. The number of esters is 1. The van der Waals surface area contributed by atoms with Gasteiger partial charge in [-0.3, -0.25) is 9.59 Å². The third-order valence-electron chi connectivity index (χ3n) is 2.31. The minimum atomic E-state index is -0.403. The van der Waals surface area contributed by atoms with Crippen LogP contribution in [0.25, 0.3) is 6.08 Å². The molecule has 1 aromatic carbocycles. The first-order valence-corrected chi connectivity index (χ1v) is 7.15. The monoisotopic (exact) mass is 314 g/mol. The summed E-state index contributed by atoms with van der Waals surface area (Å²) >= 11 is 0. The molecule has 0 atom stereocenters. The number of carbonyl (C=O) groups excluding carboxylic acids is 3. The van der Waals surface area contributed by atoms with Crippen molar-refractivity contribution in [1.29, 1.82) is 0 Å². The second-order valence-corrected chi connectivity index (χ2v) is 4.54. The Morgan fingerprint density at radius 3 is 1.74 bits per heavy atom. The van der Waals surface area contributed by atoms with E-state index in [4.69, 9.17) is 4.74 Å². The molecule has 0 fully saturated rings. The average Bonchev–Trinajstić information content (AvgIpc) is 2.47. The predicted molar refractivity (Wildman–Crippen MR) is 92.1 cm³/mol. The molecule has 0 aliphatic carbocycles. The number of hydrogen-bond donors (Lipinski definition) is 0. The van der Waals surface area contributed by atoms with Crippen molar-refractivity contribution in [1.82, 2.24) is 0 Å². The lowest BCUT2D eigenvalue weighted by atomic mass is 10.2. The van der Waals surface area contributed by atoms with Gasteiger partial charge in [-0.1, -0.05) is 30.4 Å². The molecule has 0 amide bonds. The van der Waals surface area contributed by atoms with Crippen molar-refractivity contribution in [3.8, 4) is 5.75 Å². The van der Waals surface area contributed by atoms with Gasteiger partial charge < -0.3 is 4.74 Å². The summed E-state index contributed by atoms with van der Waals surface area (Å²) in [5.74, 6) is 0.179. The highest BCUT2D eigenvalue weighted by Gasteiger charge is 1.99. The summed E-state index contributed by atoms with van der Waals surface area (Å²) in [5.41, 5.74) is 0.881. The summed E-state index contributed by atoms with van der Waals surface area (Å²) in [6.45, 7) is 6.59. The number of allylic oxidation sites excluding steroid dienone is 4. The third kappa shape index (κ3) is 11.6. The van der Waals surface area contributed by atoms with E-state index in [1.807, 2.05) is 6.92 Å². The minimum Gasteiger partial charge on any atom is -0.423 e. The van der Waals surface area contributed by atoms with Gasteiger partial charge in [0.1, 0.15) is 5.75 Å². The molecule has 1 rings (SSSR count). The lowest BCUT2D eigenvalue weighted by molar-refractivity contribution is -0.129. The molecule has 0 aliphatic rings. The van der Waals surface area contributed by atoms with Crippen LogP contribution in [0, 0.1) is 0 Å². The number of carbonyl (C=O) groups is 3. The van der Waals surface area contributed by atoms with E-state index in [1.165, 1.54) is 32.1 Å². The molecule has 1 aromatic rings. The highest BCUT2D eigenvalue weighted by molar-refractivity contribution is 5.91. The molecule has 4 heteroatoms. The summed E-state index contributed by atoms with van der Waals surface area (Å²) in [5, 5.41) is 0. The Morgan fingerprint density at radius 2 is 1.35 bits per heavy atom. The summed E-state index contributed by atoms with van der Waals surface area (Å²) in [7, 11) is 0. The zero-order valence-corrected chi connectivity index (χ0v) is 13.9. The number of hydrogen-bond acceptors (Lipinski definition) is 4. The summed E-state index contributed by atoms with van der Waals surface area (Å²) in [4.78, 5) is 31.8. The molecule has 122 valence electrons. The van der Waals surface area contributed by atoms with Crippen molar-refractivity contribution in [2.45, 2.75) is 27.7 Å². The molecule has 0 unspecified atom stereocenters. The number of rotatable bonds is 5. The Morgan fingerprint density at radius 1 is 0.826 bits per heavy atom. The zero-order valence-electron chi connectivity index (χ0n) is 13.9. The van der Waals surface area contributed by atoms with Crippen molar-refractivity contribution in [3.05, 3.63) is 60.2 Å². The number of ketones is 2. The lowest BCUT2D eigenvalue weighted by Crippen LogP contribution is -2.03. The molecule has 0 heterocycles. The second-order valence-electron chi connectivity index (χ2n) is 4.54. The molecule has 0 aromatic heterocycles. The fraction of sp³-hybridized carbons (Fsp3) is 0.211. The van der Waals surface area contributed by atoms with E-state index in [0.29, 0.717) is 5.75 Å². The van der Waals surface area contributed by atoms with Gasteiger partial charge in [0.05, 0.1) is 0 Å². The smallest absolute Gasteiger partial charge is 0.335 e. The van der Waals surface area contributed by atoms with Crippen LogP contribution in [0.1, 0.15) is 33.3 Å². The fourth-order valence-corrected chi connectivity index (χ4v) is 1.38. The number of ether oxygens (including phenoxy) is 1. The highest BCUT2D eigenvalue weighted by atomic mass is 16.5. The van der Waals surface area contributed by atoms with Crippen LogP contribution in [-0.4, -0.2) is 17.5 Å². The standard InChI is InChI=1S/C14H14O3.C5H8O/c1-3-4-14(16)17-13-9-7-12(8-10-13)6-5-11(2)15;1-3-4-5(2)6/h3-10H,1-2H3;3-4H,1-2H3/b4-3+,6-5+;4-3+. The first kappa shape index (κ1) is 20.2. The van der Waals surface area contributed by atoms with Gasteiger partial charge >= 0.3 is 5.97 Å². The van der Waals surface area contributed by atoms with E-state index in [0.717, 1.165) is 5.56 Å². The zero-order chi connectivity index (χ0) is 17.7. The van der Waals surface area contributed by atoms with E-state index in [-0.39, 0.29) is 11.6 Å². The Kier molecular flexibility index (Phi) is 10.4. The molecule has 0 saturated carbocycles. The third-order valence-corrected chi connectivity index (χ3v) is 2.31. The largest absolute Gasteiger partial charge is 0.423 e. The topological polar surface area (TPSA) is 60.4 Å². The summed E-state index contributed by atoms with van der Waals surface area (Å²) in [6, 6.07) is 6.91.